The minimum Gasteiger partial charge on any atom is -0.351 e. The first-order valence-electron chi connectivity index (χ1n) is 12.9. The molecule has 0 saturated heterocycles. The van der Waals surface area contributed by atoms with Gasteiger partial charge in [-0.15, -0.1) is 0 Å². The van der Waals surface area contributed by atoms with Gasteiger partial charge in [-0.2, -0.15) is 0 Å². The Labute approximate surface area is 243 Å². The average molecular weight is 615 g/mol. The SMILES string of the molecule is O=P(OCc1ccccc1)(OCc1ccccc1)C(O)(O)C(O)(O)P(=O)(OCc1ccccc1)OCc1ccccc1. The molecule has 0 aromatic heterocycles. The Morgan fingerprint density at radius 2 is 0.595 bits per heavy atom. The molecule has 42 heavy (non-hydrogen) atoms. The van der Waals surface area contributed by atoms with Crippen molar-refractivity contribution in [2.45, 2.75) is 37.5 Å². The molecular weight excluding hydrogens is 582 g/mol. The lowest BCUT2D eigenvalue weighted by Gasteiger charge is -2.40. The second kappa shape index (κ2) is 14.0. The molecule has 0 spiro atoms. The first-order chi connectivity index (χ1) is 20.1. The average Bonchev–Trinajstić information content (AvgIpc) is 3.02. The third-order valence-corrected chi connectivity index (χ3v) is 10.4. The van der Waals surface area contributed by atoms with Crippen LogP contribution in [0.1, 0.15) is 22.3 Å². The minimum absolute atomic E-state index is 0.460. The van der Waals surface area contributed by atoms with E-state index in [9.17, 15) is 29.6 Å². The van der Waals surface area contributed by atoms with E-state index in [1.165, 1.54) is 0 Å². The molecule has 222 valence electrons. The zero-order chi connectivity index (χ0) is 30.1. The molecule has 4 rings (SSSR count). The summed E-state index contributed by atoms with van der Waals surface area (Å²) in [5, 5.41) is 45.0. The van der Waals surface area contributed by atoms with Gasteiger partial charge in [0.1, 0.15) is 0 Å². The van der Waals surface area contributed by atoms with Crippen molar-refractivity contribution in [3.8, 4) is 0 Å². The van der Waals surface area contributed by atoms with Crippen LogP contribution in [0.4, 0.5) is 0 Å². The Morgan fingerprint density at radius 1 is 0.405 bits per heavy atom. The van der Waals surface area contributed by atoms with E-state index in [4.69, 9.17) is 18.1 Å². The first kappa shape index (κ1) is 31.9. The zero-order valence-corrected chi connectivity index (χ0v) is 24.3. The first-order valence-corrected chi connectivity index (χ1v) is 16.0. The van der Waals surface area contributed by atoms with Crippen molar-refractivity contribution in [2.75, 3.05) is 0 Å². The van der Waals surface area contributed by atoms with Crippen LogP contribution < -0.4 is 0 Å². The second-order valence-electron chi connectivity index (χ2n) is 9.30. The van der Waals surface area contributed by atoms with Crippen LogP contribution in [0.2, 0.25) is 0 Å². The highest BCUT2D eigenvalue weighted by Crippen LogP contribution is 2.72. The van der Waals surface area contributed by atoms with E-state index >= 15 is 0 Å². The third-order valence-electron chi connectivity index (χ3n) is 6.19. The smallest absolute Gasteiger partial charge is 0.351 e. The van der Waals surface area contributed by atoms with Crippen molar-refractivity contribution >= 4 is 15.2 Å². The van der Waals surface area contributed by atoms with E-state index in [0.717, 1.165) is 0 Å². The van der Waals surface area contributed by atoms with E-state index < -0.39 is 52.7 Å². The maximum absolute atomic E-state index is 14.1. The van der Waals surface area contributed by atoms with Gasteiger partial charge in [-0.1, -0.05) is 121 Å². The van der Waals surface area contributed by atoms with Crippen molar-refractivity contribution in [2.24, 2.45) is 0 Å². The molecule has 4 N–H and O–H groups in total. The van der Waals surface area contributed by atoms with Gasteiger partial charge >= 0.3 is 26.2 Å². The molecule has 0 aliphatic carbocycles. The molecule has 0 bridgehead atoms. The molecular formula is C30H32O10P2. The van der Waals surface area contributed by atoms with E-state index in [0.29, 0.717) is 22.3 Å². The van der Waals surface area contributed by atoms with Crippen LogP contribution in [-0.4, -0.2) is 31.5 Å². The van der Waals surface area contributed by atoms with Gasteiger partial charge in [-0.05, 0) is 22.3 Å². The van der Waals surface area contributed by atoms with Gasteiger partial charge < -0.3 is 20.4 Å². The van der Waals surface area contributed by atoms with E-state index in [1.807, 2.05) is 0 Å². The molecule has 0 atom stereocenters. The number of rotatable bonds is 15. The molecule has 0 heterocycles. The van der Waals surface area contributed by atoms with Crippen LogP contribution in [0.3, 0.4) is 0 Å². The highest BCUT2D eigenvalue weighted by molar-refractivity contribution is 7.59. The van der Waals surface area contributed by atoms with Gasteiger partial charge in [0.05, 0.1) is 26.4 Å². The van der Waals surface area contributed by atoms with E-state index in [2.05, 4.69) is 0 Å². The largest absolute Gasteiger partial charge is 0.396 e. The number of benzene rings is 4. The van der Waals surface area contributed by atoms with Crippen LogP contribution in [0, 0.1) is 0 Å². The van der Waals surface area contributed by atoms with E-state index in [-0.39, 0.29) is 0 Å². The second-order valence-corrected chi connectivity index (χ2v) is 13.6. The minimum atomic E-state index is -5.38. The van der Waals surface area contributed by atoms with Crippen molar-refractivity contribution in [3.05, 3.63) is 144 Å². The molecule has 4 aromatic rings. The van der Waals surface area contributed by atoms with Gasteiger partial charge in [0.25, 0.3) is 0 Å². The number of aliphatic hydroxyl groups is 4. The summed E-state index contributed by atoms with van der Waals surface area (Å²) in [6, 6.07) is 33.2. The Bertz CT molecular complexity index is 1270. The highest BCUT2D eigenvalue weighted by atomic mass is 31.2. The van der Waals surface area contributed by atoms with Crippen LogP contribution in [-0.2, 0) is 53.7 Å². The molecule has 0 amide bonds. The summed E-state index contributed by atoms with van der Waals surface area (Å²) in [5.74, 6) is 0. The summed E-state index contributed by atoms with van der Waals surface area (Å²) < 4.78 is 49.8. The number of hydrogen-bond acceptors (Lipinski definition) is 10. The summed E-state index contributed by atoms with van der Waals surface area (Å²) in [6.07, 6.45) is 0. The monoisotopic (exact) mass is 614 g/mol. The predicted molar refractivity (Wildman–Crippen MR) is 154 cm³/mol. The molecule has 0 aliphatic rings. The third kappa shape index (κ3) is 7.50. The highest BCUT2D eigenvalue weighted by Gasteiger charge is 2.73. The normalized spacial score (nSPS) is 12.8. The summed E-state index contributed by atoms with van der Waals surface area (Å²) in [7, 11) is -10.8. The van der Waals surface area contributed by atoms with Gasteiger partial charge in [-0.3, -0.25) is 27.2 Å². The molecule has 0 fully saturated rings. The van der Waals surface area contributed by atoms with Crippen LogP contribution in [0.5, 0.6) is 0 Å². The van der Waals surface area contributed by atoms with Crippen molar-refractivity contribution in [1.82, 2.24) is 0 Å². The van der Waals surface area contributed by atoms with Crippen molar-refractivity contribution < 1.29 is 47.7 Å². The topological polar surface area (TPSA) is 152 Å². The maximum atomic E-state index is 14.1. The lowest BCUT2D eigenvalue weighted by Crippen LogP contribution is -2.55. The summed E-state index contributed by atoms with van der Waals surface area (Å²) in [5.41, 5.74) is -6.56. The lowest BCUT2D eigenvalue weighted by molar-refractivity contribution is -0.286. The van der Waals surface area contributed by atoms with E-state index in [1.54, 1.807) is 121 Å². The molecule has 0 aliphatic heterocycles. The molecule has 0 radical (unpaired) electrons. The zero-order valence-electron chi connectivity index (χ0n) is 22.5. The van der Waals surface area contributed by atoms with Crippen LogP contribution >= 0.6 is 15.2 Å². The maximum Gasteiger partial charge on any atom is 0.396 e. The molecule has 12 heteroatoms. The van der Waals surface area contributed by atoms with Crippen LogP contribution in [0.15, 0.2) is 121 Å². The van der Waals surface area contributed by atoms with Gasteiger partial charge in [-0.25, -0.2) is 0 Å². The Morgan fingerprint density at radius 3 is 0.786 bits per heavy atom. The van der Waals surface area contributed by atoms with Crippen molar-refractivity contribution in [1.29, 1.82) is 0 Å². The molecule has 0 unspecified atom stereocenters. The van der Waals surface area contributed by atoms with Gasteiger partial charge in [0.2, 0.25) is 0 Å². The Kier molecular flexibility index (Phi) is 10.6. The fourth-order valence-electron chi connectivity index (χ4n) is 3.74. The Hall–Kier alpha value is -2.98. The molecule has 0 saturated carbocycles. The summed E-state index contributed by atoms with van der Waals surface area (Å²) >= 11 is 0. The standard InChI is InChI=1S/C30H32O10P2/c31-29(32,41(35,37-21-25-13-5-1-6-14-25)38-22-26-15-7-2-8-16-26)30(33,34)42(36,39-23-27-17-9-3-10-18-27)40-24-28-19-11-4-12-20-28/h1-20,31-34H,21-24H2. The lowest BCUT2D eigenvalue weighted by atomic mass is 10.2. The number of hydrogen-bond donors (Lipinski definition) is 4. The quantitative estimate of drug-likeness (QED) is 0.0996. The fraction of sp³-hybridized carbons (Fsp3) is 0.200. The molecule has 4 aromatic carbocycles. The molecule has 10 nitrogen and oxygen atoms in total. The Balaban J connectivity index is 1.68. The fourth-order valence-corrected chi connectivity index (χ4v) is 7.35. The van der Waals surface area contributed by atoms with Gasteiger partial charge in [0, 0.05) is 0 Å². The summed E-state index contributed by atoms with van der Waals surface area (Å²) in [6.45, 7) is -1.92. The van der Waals surface area contributed by atoms with Crippen molar-refractivity contribution in [3.63, 3.8) is 0 Å². The van der Waals surface area contributed by atoms with Gasteiger partial charge in [0.15, 0.2) is 0 Å². The summed E-state index contributed by atoms with van der Waals surface area (Å²) in [4.78, 5) is 0. The predicted octanol–water partition coefficient (Wildman–Crippen LogP) is 5.52. The van der Waals surface area contributed by atoms with Crippen LogP contribution in [0.25, 0.3) is 0 Å².